The molecule has 1 heterocycles. The van der Waals surface area contributed by atoms with Crippen LogP contribution < -0.4 is 10.6 Å². The molecule has 1 amide bonds. The first-order valence-electron chi connectivity index (χ1n) is 6.21. The normalized spacial score (nSPS) is 14.9. The Balaban J connectivity index is 1.54. The average Bonchev–Trinajstić information content (AvgIpc) is 3.09. The highest BCUT2D eigenvalue weighted by Gasteiger charge is 2.28. The summed E-state index contributed by atoms with van der Waals surface area (Å²) in [4.78, 5) is 16.9. The molecule has 1 aromatic rings. The van der Waals surface area contributed by atoms with E-state index in [1.165, 1.54) is 9.88 Å². The van der Waals surface area contributed by atoms with E-state index < -0.39 is 0 Å². The van der Waals surface area contributed by atoms with Gasteiger partial charge in [0.15, 0.2) is 0 Å². The predicted molar refractivity (Wildman–Crippen MR) is 68.9 cm³/mol. The van der Waals surface area contributed by atoms with Crippen LogP contribution in [0.1, 0.15) is 29.7 Å². The van der Waals surface area contributed by atoms with Gasteiger partial charge in [0.25, 0.3) is 0 Å². The molecule has 0 unspecified atom stereocenters. The number of nitrogens with one attached hydrogen (secondary N) is 2. The third kappa shape index (κ3) is 4.09. The van der Waals surface area contributed by atoms with Gasteiger partial charge < -0.3 is 10.6 Å². The van der Waals surface area contributed by atoms with E-state index in [2.05, 4.69) is 22.5 Å². The van der Waals surface area contributed by atoms with Gasteiger partial charge in [-0.2, -0.15) is 0 Å². The molecule has 0 spiro atoms. The van der Waals surface area contributed by atoms with E-state index in [9.17, 15) is 4.79 Å². The summed E-state index contributed by atoms with van der Waals surface area (Å²) in [5, 5.41) is 7.43. The summed E-state index contributed by atoms with van der Waals surface area (Å²) in [7, 11) is 0. The lowest BCUT2D eigenvalue weighted by Gasteiger charge is -2.04. The van der Waals surface area contributed by atoms with Crippen LogP contribution in [0.3, 0.4) is 0 Å². The van der Waals surface area contributed by atoms with Crippen molar-refractivity contribution in [2.45, 2.75) is 32.7 Å². The molecule has 0 saturated heterocycles. The summed E-state index contributed by atoms with van der Waals surface area (Å²) >= 11 is 1.75. The average molecular weight is 253 g/mol. The molecule has 0 atom stereocenters. The first-order valence-corrected chi connectivity index (χ1v) is 7.03. The van der Waals surface area contributed by atoms with Crippen molar-refractivity contribution in [2.75, 3.05) is 13.1 Å². The smallest absolute Gasteiger partial charge is 0.223 e. The number of thiazole rings is 1. The van der Waals surface area contributed by atoms with Gasteiger partial charge in [-0.05, 0) is 19.3 Å². The molecule has 2 rings (SSSR count). The zero-order valence-electron chi connectivity index (χ0n) is 10.2. The molecule has 0 aromatic carbocycles. The Hall–Kier alpha value is -0.940. The monoisotopic (exact) mass is 253 g/mol. The molecule has 1 aliphatic rings. The van der Waals surface area contributed by atoms with Crippen LogP contribution >= 0.6 is 11.3 Å². The van der Waals surface area contributed by atoms with Crippen LogP contribution in [0.4, 0.5) is 0 Å². The van der Waals surface area contributed by atoms with Crippen molar-refractivity contribution >= 4 is 17.2 Å². The predicted octanol–water partition coefficient (Wildman–Crippen LogP) is 1.32. The second-order valence-corrected chi connectivity index (χ2v) is 5.52. The van der Waals surface area contributed by atoms with Crippen molar-refractivity contribution in [3.63, 3.8) is 0 Å². The quantitative estimate of drug-likeness (QED) is 0.721. The van der Waals surface area contributed by atoms with Crippen LogP contribution in [-0.2, 0) is 17.8 Å². The molecule has 2 N–H and O–H groups in total. The van der Waals surface area contributed by atoms with Crippen LogP contribution in [0.2, 0.25) is 0 Å². The number of aryl methyl sites for hydroxylation is 1. The van der Waals surface area contributed by atoms with Gasteiger partial charge in [-0.15, -0.1) is 11.3 Å². The summed E-state index contributed by atoms with van der Waals surface area (Å²) in [6, 6.07) is 0. The minimum atomic E-state index is 0.220. The van der Waals surface area contributed by atoms with Crippen molar-refractivity contribution < 1.29 is 4.79 Å². The summed E-state index contributed by atoms with van der Waals surface area (Å²) in [6.45, 7) is 4.49. The van der Waals surface area contributed by atoms with Crippen LogP contribution in [-0.4, -0.2) is 24.0 Å². The number of carbonyl (C=O) groups excluding carboxylic acids is 1. The molecule has 94 valence electrons. The molecule has 4 nitrogen and oxygen atoms in total. The number of hydrogen-bond donors (Lipinski definition) is 2. The third-order valence-corrected chi connectivity index (χ3v) is 3.89. The number of aromatic nitrogens is 1. The molecule has 17 heavy (non-hydrogen) atoms. The zero-order chi connectivity index (χ0) is 12.1. The summed E-state index contributed by atoms with van der Waals surface area (Å²) in [5.74, 6) is 0.529. The third-order valence-electron chi connectivity index (χ3n) is 2.75. The highest BCUT2D eigenvalue weighted by molar-refractivity contribution is 7.11. The first-order chi connectivity index (χ1) is 8.29. The second-order valence-electron chi connectivity index (χ2n) is 4.32. The highest BCUT2D eigenvalue weighted by Crippen LogP contribution is 2.28. The van der Waals surface area contributed by atoms with Crippen molar-refractivity contribution in [3.8, 4) is 0 Å². The van der Waals surface area contributed by atoms with Crippen LogP contribution in [0.25, 0.3) is 0 Å². The van der Waals surface area contributed by atoms with Gasteiger partial charge in [0.05, 0.1) is 5.01 Å². The van der Waals surface area contributed by atoms with E-state index >= 15 is 0 Å². The number of nitrogens with zero attached hydrogens (tertiary/aromatic N) is 1. The molecule has 0 bridgehead atoms. The SMILES string of the molecule is CCc1ncc(CNCCNC(=O)C2CC2)s1. The van der Waals surface area contributed by atoms with Gasteiger partial charge in [0.1, 0.15) is 0 Å². The second kappa shape index (κ2) is 6.12. The molecule has 1 fully saturated rings. The first kappa shape index (κ1) is 12.5. The van der Waals surface area contributed by atoms with Crippen LogP contribution in [0.15, 0.2) is 6.20 Å². The maximum atomic E-state index is 11.3. The van der Waals surface area contributed by atoms with E-state index in [0.717, 1.165) is 38.9 Å². The van der Waals surface area contributed by atoms with Crippen molar-refractivity contribution in [3.05, 3.63) is 16.1 Å². The summed E-state index contributed by atoms with van der Waals surface area (Å²) < 4.78 is 0. The Morgan fingerprint density at radius 3 is 3.00 bits per heavy atom. The van der Waals surface area contributed by atoms with Gasteiger partial charge in [-0.3, -0.25) is 4.79 Å². The Morgan fingerprint density at radius 2 is 2.35 bits per heavy atom. The van der Waals surface area contributed by atoms with E-state index in [1.54, 1.807) is 11.3 Å². The standard InChI is InChI=1S/C12H19N3OS/c1-2-11-15-8-10(17-11)7-13-5-6-14-12(16)9-3-4-9/h8-9,13H,2-7H2,1H3,(H,14,16). The lowest BCUT2D eigenvalue weighted by atomic mass is 10.4. The van der Waals surface area contributed by atoms with E-state index in [-0.39, 0.29) is 5.91 Å². The maximum absolute atomic E-state index is 11.3. The molecular formula is C12H19N3OS. The zero-order valence-corrected chi connectivity index (χ0v) is 11.0. The minimum Gasteiger partial charge on any atom is -0.355 e. The van der Waals surface area contributed by atoms with Crippen molar-refractivity contribution in [1.82, 2.24) is 15.6 Å². The summed E-state index contributed by atoms with van der Waals surface area (Å²) in [5.41, 5.74) is 0. The molecule has 5 heteroatoms. The van der Waals surface area contributed by atoms with Gasteiger partial charge in [0, 0.05) is 36.6 Å². The largest absolute Gasteiger partial charge is 0.355 e. The van der Waals surface area contributed by atoms with Crippen LogP contribution in [0, 0.1) is 5.92 Å². The number of rotatable bonds is 7. The Labute approximate surface area is 106 Å². The maximum Gasteiger partial charge on any atom is 0.223 e. The molecule has 0 aliphatic heterocycles. The van der Waals surface area contributed by atoms with Crippen LogP contribution in [0.5, 0.6) is 0 Å². The molecule has 1 aromatic heterocycles. The van der Waals surface area contributed by atoms with E-state index in [1.807, 2.05) is 6.20 Å². The topological polar surface area (TPSA) is 54.0 Å². The molecule has 0 radical (unpaired) electrons. The number of amides is 1. The molecule has 1 saturated carbocycles. The van der Waals surface area contributed by atoms with E-state index in [0.29, 0.717) is 5.92 Å². The van der Waals surface area contributed by atoms with Gasteiger partial charge in [-0.25, -0.2) is 4.98 Å². The van der Waals surface area contributed by atoms with Gasteiger partial charge >= 0.3 is 0 Å². The number of hydrogen-bond acceptors (Lipinski definition) is 4. The Bertz CT molecular complexity index is 374. The van der Waals surface area contributed by atoms with Gasteiger partial charge in [-0.1, -0.05) is 6.92 Å². The van der Waals surface area contributed by atoms with E-state index in [4.69, 9.17) is 0 Å². The minimum absolute atomic E-state index is 0.220. The number of carbonyl (C=O) groups is 1. The fourth-order valence-electron chi connectivity index (χ4n) is 1.57. The Morgan fingerprint density at radius 1 is 1.53 bits per heavy atom. The fourth-order valence-corrected chi connectivity index (χ4v) is 2.40. The van der Waals surface area contributed by atoms with Gasteiger partial charge in [0.2, 0.25) is 5.91 Å². The highest BCUT2D eigenvalue weighted by atomic mass is 32.1. The molecule has 1 aliphatic carbocycles. The molecular weight excluding hydrogens is 234 g/mol. The van der Waals surface area contributed by atoms with Crippen molar-refractivity contribution in [1.29, 1.82) is 0 Å². The lowest BCUT2D eigenvalue weighted by molar-refractivity contribution is -0.122. The van der Waals surface area contributed by atoms with Crippen molar-refractivity contribution in [2.24, 2.45) is 5.92 Å². The Kier molecular flexibility index (Phi) is 4.50. The lowest BCUT2D eigenvalue weighted by Crippen LogP contribution is -2.32. The summed E-state index contributed by atoms with van der Waals surface area (Å²) in [6.07, 6.45) is 5.07. The fraction of sp³-hybridized carbons (Fsp3) is 0.667.